The van der Waals surface area contributed by atoms with E-state index >= 15 is 0 Å². The molecule has 0 fully saturated rings. The average molecular weight is 253 g/mol. The molecule has 4 heteroatoms. The third kappa shape index (κ3) is 3.48. The minimum Gasteiger partial charge on any atom is -0.266 e. The normalized spacial score (nSPS) is 11.2. The fraction of sp³-hybridized carbons (Fsp3) is 0.133. The third-order valence-electron chi connectivity index (χ3n) is 2.64. The number of carbonyl (C=O) groups is 1. The highest BCUT2D eigenvalue weighted by molar-refractivity contribution is 6.00. The quantitative estimate of drug-likeness (QED) is 0.675. The van der Waals surface area contributed by atoms with Crippen molar-refractivity contribution in [3.05, 3.63) is 65.5 Å². The second kappa shape index (κ2) is 5.91. The molecular weight excluding hydrogens is 238 g/mol. The fourth-order valence-electron chi connectivity index (χ4n) is 1.61. The summed E-state index contributed by atoms with van der Waals surface area (Å²) in [6.45, 7) is 3.69. The summed E-state index contributed by atoms with van der Waals surface area (Å²) in [7, 11) is 0. The van der Waals surface area contributed by atoms with Gasteiger partial charge in [0.15, 0.2) is 0 Å². The van der Waals surface area contributed by atoms with Gasteiger partial charge in [-0.05, 0) is 31.5 Å². The maximum atomic E-state index is 11.9. The molecule has 0 aliphatic carbocycles. The minimum absolute atomic E-state index is 0.306. The molecule has 1 heterocycles. The first kappa shape index (κ1) is 13.0. The Morgan fingerprint density at radius 2 is 1.84 bits per heavy atom. The van der Waals surface area contributed by atoms with Crippen LogP contribution in [0.5, 0.6) is 0 Å². The molecule has 0 aliphatic heterocycles. The Morgan fingerprint density at radius 1 is 1.11 bits per heavy atom. The Kier molecular flexibility index (Phi) is 4.03. The van der Waals surface area contributed by atoms with E-state index in [2.05, 4.69) is 15.5 Å². The maximum Gasteiger partial charge on any atom is 0.289 e. The predicted octanol–water partition coefficient (Wildman–Crippen LogP) is 2.54. The van der Waals surface area contributed by atoms with Crippen LogP contribution in [0.1, 0.15) is 28.7 Å². The maximum absolute atomic E-state index is 11.9. The van der Waals surface area contributed by atoms with E-state index < -0.39 is 0 Å². The molecule has 1 amide bonds. The van der Waals surface area contributed by atoms with Crippen LogP contribution in [0.25, 0.3) is 0 Å². The van der Waals surface area contributed by atoms with Crippen LogP contribution in [-0.4, -0.2) is 16.6 Å². The Morgan fingerprint density at radius 3 is 2.53 bits per heavy atom. The first-order valence-corrected chi connectivity index (χ1v) is 6.00. The summed E-state index contributed by atoms with van der Waals surface area (Å²) < 4.78 is 0. The van der Waals surface area contributed by atoms with Crippen LogP contribution >= 0.6 is 0 Å². The van der Waals surface area contributed by atoms with Crippen molar-refractivity contribution in [1.82, 2.24) is 10.4 Å². The van der Waals surface area contributed by atoms with Crippen molar-refractivity contribution in [3.63, 3.8) is 0 Å². The monoisotopic (exact) mass is 253 g/mol. The predicted molar refractivity (Wildman–Crippen MR) is 75.1 cm³/mol. The van der Waals surface area contributed by atoms with Gasteiger partial charge in [0, 0.05) is 5.69 Å². The molecule has 0 unspecified atom stereocenters. The Bertz CT molecular complexity index is 606. The molecule has 0 radical (unpaired) electrons. The van der Waals surface area contributed by atoms with Crippen LogP contribution < -0.4 is 5.43 Å². The molecule has 0 saturated heterocycles. The van der Waals surface area contributed by atoms with Crippen LogP contribution in [0.15, 0.2) is 53.6 Å². The summed E-state index contributed by atoms with van der Waals surface area (Å²) >= 11 is 0. The number of hydrogen-bond donors (Lipinski definition) is 1. The van der Waals surface area contributed by atoms with E-state index in [1.807, 2.05) is 50.2 Å². The summed E-state index contributed by atoms with van der Waals surface area (Å²) in [5.74, 6) is -0.306. The second-order valence-electron chi connectivity index (χ2n) is 4.17. The number of nitrogens with zero attached hydrogens (tertiary/aromatic N) is 2. The first-order valence-electron chi connectivity index (χ1n) is 6.00. The van der Waals surface area contributed by atoms with E-state index in [4.69, 9.17) is 0 Å². The van der Waals surface area contributed by atoms with Crippen LogP contribution in [-0.2, 0) is 0 Å². The van der Waals surface area contributed by atoms with Gasteiger partial charge in [0.2, 0.25) is 0 Å². The number of amides is 1. The number of aromatic nitrogens is 1. The summed E-state index contributed by atoms with van der Waals surface area (Å²) in [6.07, 6.45) is 0. The van der Waals surface area contributed by atoms with E-state index in [9.17, 15) is 4.79 Å². The van der Waals surface area contributed by atoms with Crippen molar-refractivity contribution < 1.29 is 4.79 Å². The number of rotatable bonds is 3. The molecule has 1 N–H and O–H groups in total. The fourth-order valence-corrected chi connectivity index (χ4v) is 1.61. The van der Waals surface area contributed by atoms with Gasteiger partial charge in [0.05, 0.1) is 5.71 Å². The lowest BCUT2D eigenvalue weighted by Crippen LogP contribution is -2.20. The van der Waals surface area contributed by atoms with Crippen LogP contribution in [0, 0.1) is 6.92 Å². The largest absolute Gasteiger partial charge is 0.289 e. The Balaban J connectivity index is 2.08. The Hall–Kier alpha value is -2.49. The zero-order valence-corrected chi connectivity index (χ0v) is 10.9. The van der Waals surface area contributed by atoms with E-state index in [0.29, 0.717) is 5.69 Å². The molecule has 96 valence electrons. The number of pyridine rings is 1. The van der Waals surface area contributed by atoms with Crippen molar-refractivity contribution in [1.29, 1.82) is 0 Å². The van der Waals surface area contributed by atoms with Crippen LogP contribution in [0.3, 0.4) is 0 Å². The molecule has 2 aromatic rings. The van der Waals surface area contributed by atoms with E-state index in [0.717, 1.165) is 17.0 Å². The highest BCUT2D eigenvalue weighted by Crippen LogP contribution is 2.01. The van der Waals surface area contributed by atoms with Crippen molar-refractivity contribution in [3.8, 4) is 0 Å². The van der Waals surface area contributed by atoms with Gasteiger partial charge in [-0.2, -0.15) is 5.10 Å². The zero-order chi connectivity index (χ0) is 13.7. The lowest BCUT2D eigenvalue weighted by atomic mass is 10.1. The molecule has 4 nitrogen and oxygen atoms in total. The van der Waals surface area contributed by atoms with Crippen molar-refractivity contribution in [2.24, 2.45) is 5.10 Å². The number of benzene rings is 1. The molecule has 2 rings (SSSR count). The van der Waals surface area contributed by atoms with Crippen LogP contribution in [0.4, 0.5) is 0 Å². The van der Waals surface area contributed by atoms with Gasteiger partial charge in [-0.25, -0.2) is 10.4 Å². The molecule has 0 aliphatic rings. The second-order valence-corrected chi connectivity index (χ2v) is 4.17. The van der Waals surface area contributed by atoms with Crippen LogP contribution in [0.2, 0.25) is 0 Å². The van der Waals surface area contributed by atoms with E-state index in [1.165, 1.54) is 0 Å². The summed E-state index contributed by atoms with van der Waals surface area (Å²) in [4.78, 5) is 16.0. The van der Waals surface area contributed by atoms with Crippen molar-refractivity contribution in [2.45, 2.75) is 13.8 Å². The van der Waals surface area contributed by atoms with E-state index in [1.54, 1.807) is 12.1 Å². The summed E-state index contributed by atoms with van der Waals surface area (Å²) in [5.41, 5.74) is 5.40. The molecule has 0 spiro atoms. The average Bonchev–Trinajstić information content (AvgIpc) is 2.45. The van der Waals surface area contributed by atoms with Gasteiger partial charge >= 0.3 is 0 Å². The van der Waals surface area contributed by atoms with Crippen molar-refractivity contribution >= 4 is 11.6 Å². The standard InChI is InChI=1S/C15H15N3O/c1-11-7-6-10-14(16-11)15(19)18-17-12(2)13-8-4-3-5-9-13/h3-10H,1-2H3,(H,18,19)/b17-12-. The highest BCUT2D eigenvalue weighted by atomic mass is 16.2. The van der Waals surface area contributed by atoms with Gasteiger partial charge in [0.1, 0.15) is 5.69 Å². The smallest absolute Gasteiger partial charge is 0.266 e. The minimum atomic E-state index is -0.306. The van der Waals surface area contributed by atoms with Gasteiger partial charge in [-0.3, -0.25) is 4.79 Å². The number of carbonyl (C=O) groups excluding carboxylic acids is 1. The van der Waals surface area contributed by atoms with Gasteiger partial charge < -0.3 is 0 Å². The number of hydrazone groups is 1. The molecule has 19 heavy (non-hydrogen) atoms. The van der Waals surface area contributed by atoms with Gasteiger partial charge in [-0.1, -0.05) is 36.4 Å². The highest BCUT2D eigenvalue weighted by Gasteiger charge is 2.06. The molecule has 0 bridgehead atoms. The number of aryl methyl sites for hydroxylation is 1. The molecule has 1 aromatic carbocycles. The first-order chi connectivity index (χ1) is 9.16. The SMILES string of the molecule is C/C(=N/NC(=O)c1cccc(C)n1)c1ccccc1. The zero-order valence-electron chi connectivity index (χ0n) is 10.9. The third-order valence-corrected chi connectivity index (χ3v) is 2.64. The van der Waals surface area contributed by atoms with E-state index in [-0.39, 0.29) is 5.91 Å². The lowest BCUT2D eigenvalue weighted by Gasteiger charge is -2.03. The molecule has 0 atom stereocenters. The van der Waals surface area contributed by atoms with Crippen molar-refractivity contribution in [2.75, 3.05) is 0 Å². The number of hydrogen-bond acceptors (Lipinski definition) is 3. The summed E-state index contributed by atoms with van der Waals surface area (Å²) in [5, 5.41) is 4.08. The molecule has 0 saturated carbocycles. The Labute approximate surface area is 112 Å². The van der Waals surface area contributed by atoms with Gasteiger partial charge in [-0.15, -0.1) is 0 Å². The number of nitrogens with one attached hydrogen (secondary N) is 1. The lowest BCUT2D eigenvalue weighted by molar-refractivity contribution is 0.0949. The van der Waals surface area contributed by atoms with Gasteiger partial charge in [0.25, 0.3) is 5.91 Å². The summed E-state index contributed by atoms with van der Waals surface area (Å²) in [6, 6.07) is 15.0. The molecule has 1 aromatic heterocycles. The molecular formula is C15H15N3O. The topological polar surface area (TPSA) is 54.4 Å².